The van der Waals surface area contributed by atoms with Gasteiger partial charge >= 0.3 is 0 Å². The van der Waals surface area contributed by atoms with Crippen LogP contribution in [0.3, 0.4) is 0 Å². The molecule has 3 nitrogen and oxygen atoms in total. The van der Waals surface area contributed by atoms with Crippen molar-refractivity contribution >= 4 is 17.5 Å². The summed E-state index contributed by atoms with van der Waals surface area (Å²) in [5.74, 6) is 1.79. The summed E-state index contributed by atoms with van der Waals surface area (Å²) in [6.45, 7) is 0.726. The second kappa shape index (κ2) is 4.56. The highest BCUT2D eigenvalue weighted by Crippen LogP contribution is 2.57. The van der Waals surface area contributed by atoms with E-state index in [1.807, 2.05) is 0 Å². The quantitative estimate of drug-likeness (QED) is 0.879. The third-order valence-electron chi connectivity index (χ3n) is 4.20. The average molecular weight is 266 g/mol. The largest absolute Gasteiger partial charge is 0.393 e. The summed E-state index contributed by atoms with van der Waals surface area (Å²) in [5, 5.41) is 13.0. The van der Waals surface area contributed by atoms with Crippen molar-refractivity contribution in [1.29, 1.82) is 0 Å². The summed E-state index contributed by atoms with van der Waals surface area (Å²) in [7, 11) is 0. The Bertz CT molecular complexity index is 447. The van der Waals surface area contributed by atoms with Crippen LogP contribution in [0.1, 0.15) is 23.2 Å². The van der Waals surface area contributed by atoms with Crippen LogP contribution in [-0.4, -0.2) is 23.7 Å². The number of aliphatic hydroxyl groups excluding tert-OH is 1. The molecule has 0 saturated heterocycles. The van der Waals surface area contributed by atoms with E-state index in [1.54, 1.807) is 24.3 Å². The molecular formula is C14H16ClNO2. The van der Waals surface area contributed by atoms with Crippen LogP contribution in [0.15, 0.2) is 24.3 Å². The average Bonchev–Trinajstić information content (AvgIpc) is 2.81. The molecule has 2 aliphatic carbocycles. The highest BCUT2D eigenvalue weighted by atomic mass is 35.5. The Kier molecular flexibility index (Phi) is 3.04. The molecule has 4 atom stereocenters. The summed E-state index contributed by atoms with van der Waals surface area (Å²) >= 11 is 5.78. The number of nitrogens with one attached hydrogen (secondary N) is 1. The van der Waals surface area contributed by atoms with Gasteiger partial charge in [-0.2, -0.15) is 0 Å². The topological polar surface area (TPSA) is 49.3 Å². The van der Waals surface area contributed by atoms with Gasteiger partial charge in [-0.1, -0.05) is 11.6 Å². The second-order valence-electron chi connectivity index (χ2n) is 5.33. The number of benzene rings is 1. The lowest BCUT2D eigenvalue weighted by atomic mass is 10.1. The minimum Gasteiger partial charge on any atom is -0.393 e. The summed E-state index contributed by atoms with van der Waals surface area (Å²) in [6, 6.07) is 6.90. The molecule has 1 aromatic carbocycles. The van der Waals surface area contributed by atoms with Crippen LogP contribution in [0.4, 0.5) is 0 Å². The van der Waals surface area contributed by atoms with Gasteiger partial charge in [0.05, 0.1) is 6.10 Å². The van der Waals surface area contributed by atoms with Crippen LogP contribution in [0.25, 0.3) is 0 Å². The van der Waals surface area contributed by atoms with Gasteiger partial charge in [0.15, 0.2) is 0 Å². The molecule has 0 aromatic heterocycles. The fourth-order valence-corrected chi connectivity index (χ4v) is 3.29. The van der Waals surface area contributed by atoms with Crippen LogP contribution in [0.5, 0.6) is 0 Å². The zero-order valence-corrected chi connectivity index (χ0v) is 10.7. The van der Waals surface area contributed by atoms with Crippen LogP contribution in [0, 0.1) is 17.8 Å². The number of hydrogen-bond donors (Lipinski definition) is 2. The molecule has 0 aliphatic heterocycles. The van der Waals surface area contributed by atoms with Crippen molar-refractivity contribution in [3.63, 3.8) is 0 Å². The van der Waals surface area contributed by atoms with Crippen LogP contribution < -0.4 is 5.32 Å². The molecule has 2 aliphatic rings. The summed E-state index contributed by atoms with van der Waals surface area (Å²) in [5.41, 5.74) is 0.644. The lowest BCUT2D eigenvalue weighted by molar-refractivity contribution is 0.0948. The molecule has 1 amide bonds. The molecule has 96 valence electrons. The second-order valence-corrected chi connectivity index (χ2v) is 5.77. The minimum absolute atomic E-state index is 0.0443. The van der Waals surface area contributed by atoms with E-state index in [2.05, 4.69) is 5.32 Å². The first kappa shape index (κ1) is 12.0. The van der Waals surface area contributed by atoms with Gasteiger partial charge in [-0.15, -0.1) is 0 Å². The molecule has 2 unspecified atom stereocenters. The number of aliphatic hydroxyl groups is 1. The number of rotatable bonds is 3. The molecule has 18 heavy (non-hydrogen) atoms. The summed E-state index contributed by atoms with van der Waals surface area (Å²) < 4.78 is 0. The Morgan fingerprint density at radius 2 is 1.89 bits per heavy atom. The van der Waals surface area contributed by atoms with E-state index in [0.717, 1.165) is 19.4 Å². The standard InChI is InChI=1S/C14H16ClNO2/c15-9-3-1-8(2-4-9)14(18)16-7-13-11-5-10(17)6-12(11)13/h1-4,10-13,17H,5-7H2,(H,16,18)/t10?,11-,12+,13?. The van der Waals surface area contributed by atoms with Crippen LogP contribution in [-0.2, 0) is 0 Å². The number of halogens is 1. The summed E-state index contributed by atoms with van der Waals surface area (Å²) in [6.07, 6.45) is 1.71. The Morgan fingerprint density at radius 3 is 2.50 bits per heavy atom. The molecule has 2 saturated carbocycles. The van der Waals surface area contributed by atoms with Gasteiger partial charge in [0, 0.05) is 17.1 Å². The number of carbonyl (C=O) groups excluding carboxylic acids is 1. The Morgan fingerprint density at radius 1 is 1.28 bits per heavy atom. The maximum atomic E-state index is 11.9. The first-order chi connectivity index (χ1) is 8.65. The normalized spacial score (nSPS) is 33.0. The van der Waals surface area contributed by atoms with E-state index < -0.39 is 0 Å². The minimum atomic E-state index is -0.108. The molecular weight excluding hydrogens is 250 g/mol. The number of fused-ring (bicyclic) bond motifs is 1. The van der Waals surface area contributed by atoms with Gasteiger partial charge in [0.2, 0.25) is 0 Å². The lowest BCUT2D eigenvalue weighted by Crippen LogP contribution is -2.27. The lowest BCUT2D eigenvalue weighted by Gasteiger charge is -2.09. The fraction of sp³-hybridized carbons (Fsp3) is 0.500. The maximum absolute atomic E-state index is 11.9. The zero-order valence-electron chi connectivity index (χ0n) is 9.97. The van der Waals surface area contributed by atoms with Crippen molar-refractivity contribution in [3.05, 3.63) is 34.9 Å². The highest BCUT2D eigenvalue weighted by molar-refractivity contribution is 6.30. The maximum Gasteiger partial charge on any atom is 0.251 e. The molecule has 0 bridgehead atoms. The third-order valence-corrected chi connectivity index (χ3v) is 4.45. The molecule has 0 heterocycles. The SMILES string of the molecule is O=C(NCC1[C@H]2CC(O)C[C@@H]12)c1ccc(Cl)cc1. The fourth-order valence-electron chi connectivity index (χ4n) is 3.16. The van der Waals surface area contributed by atoms with Gasteiger partial charge in [-0.25, -0.2) is 0 Å². The Balaban J connectivity index is 1.50. The highest BCUT2D eigenvalue weighted by Gasteiger charge is 2.55. The summed E-state index contributed by atoms with van der Waals surface area (Å²) in [4.78, 5) is 11.9. The van der Waals surface area contributed by atoms with E-state index in [9.17, 15) is 9.90 Å². The van der Waals surface area contributed by atoms with Gasteiger partial charge in [-0.05, 0) is 54.9 Å². The smallest absolute Gasteiger partial charge is 0.251 e. The van der Waals surface area contributed by atoms with E-state index in [1.165, 1.54) is 0 Å². The van der Waals surface area contributed by atoms with E-state index in [0.29, 0.717) is 28.3 Å². The van der Waals surface area contributed by atoms with Crippen molar-refractivity contribution in [2.75, 3.05) is 6.54 Å². The van der Waals surface area contributed by atoms with Crippen molar-refractivity contribution in [2.24, 2.45) is 17.8 Å². The Hall–Kier alpha value is -1.06. The first-order valence-electron chi connectivity index (χ1n) is 6.37. The monoisotopic (exact) mass is 265 g/mol. The Labute approximate surface area is 111 Å². The van der Waals surface area contributed by atoms with Crippen molar-refractivity contribution < 1.29 is 9.90 Å². The van der Waals surface area contributed by atoms with Gasteiger partial charge < -0.3 is 10.4 Å². The number of hydrogen-bond acceptors (Lipinski definition) is 2. The molecule has 1 aromatic rings. The van der Waals surface area contributed by atoms with Crippen molar-refractivity contribution in [1.82, 2.24) is 5.32 Å². The molecule has 2 fully saturated rings. The molecule has 2 N–H and O–H groups in total. The molecule has 3 rings (SSSR count). The predicted octanol–water partition coefficient (Wildman–Crippen LogP) is 2.09. The van der Waals surface area contributed by atoms with Crippen molar-refractivity contribution in [2.45, 2.75) is 18.9 Å². The van der Waals surface area contributed by atoms with E-state index >= 15 is 0 Å². The number of carbonyl (C=O) groups is 1. The molecule has 4 heteroatoms. The van der Waals surface area contributed by atoms with Crippen molar-refractivity contribution in [3.8, 4) is 0 Å². The molecule has 0 radical (unpaired) electrons. The first-order valence-corrected chi connectivity index (χ1v) is 6.75. The number of amides is 1. The van der Waals surface area contributed by atoms with Gasteiger partial charge in [0.1, 0.15) is 0 Å². The third kappa shape index (κ3) is 2.25. The van der Waals surface area contributed by atoms with E-state index in [-0.39, 0.29) is 12.0 Å². The zero-order chi connectivity index (χ0) is 12.7. The van der Waals surface area contributed by atoms with Gasteiger partial charge in [-0.3, -0.25) is 4.79 Å². The molecule has 0 spiro atoms. The van der Waals surface area contributed by atoms with Crippen LogP contribution in [0.2, 0.25) is 5.02 Å². The van der Waals surface area contributed by atoms with E-state index in [4.69, 9.17) is 11.6 Å². The predicted molar refractivity (Wildman–Crippen MR) is 69.5 cm³/mol. The van der Waals surface area contributed by atoms with Crippen LogP contribution >= 0.6 is 11.6 Å². The van der Waals surface area contributed by atoms with Gasteiger partial charge in [0.25, 0.3) is 5.91 Å².